The standard InChI is InChI=1S/C18H21N3O2/c1-13-8-4-7-11-16(13)23-12-14-9-5-6-10-15(14)17(21-22-3)18(19)20-2/h4-11H,12H2,1-3H3,(H2,19,20). The van der Waals surface area contributed by atoms with Crippen molar-refractivity contribution in [2.45, 2.75) is 13.5 Å². The number of aryl methyl sites for hydroxylation is 1. The van der Waals surface area contributed by atoms with E-state index in [9.17, 15) is 0 Å². The zero-order chi connectivity index (χ0) is 16.7. The van der Waals surface area contributed by atoms with Gasteiger partial charge < -0.3 is 15.3 Å². The lowest BCUT2D eigenvalue weighted by Crippen LogP contribution is -2.26. The largest absolute Gasteiger partial charge is 0.489 e. The number of rotatable bonds is 6. The summed E-state index contributed by atoms with van der Waals surface area (Å²) in [6.45, 7) is 2.42. The lowest BCUT2D eigenvalue weighted by atomic mass is 10.0. The molecule has 2 N–H and O–H groups in total. The van der Waals surface area contributed by atoms with Gasteiger partial charge in [0.2, 0.25) is 0 Å². The first kappa shape index (κ1) is 16.5. The maximum atomic E-state index is 5.93. The summed E-state index contributed by atoms with van der Waals surface area (Å²) in [5, 5.41) is 4.00. The van der Waals surface area contributed by atoms with Crippen molar-refractivity contribution >= 4 is 11.5 Å². The van der Waals surface area contributed by atoms with Crippen LogP contribution in [0.15, 0.2) is 58.7 Å². The first-order valence-electron chi connectivity index (χ1n) is 7.27. The molecule has 0 aromatic heterocycles. The van der Waals surface area contributed by atoms with Crippen molar-refractivity contribution in [1.82, 2.24) is 0 Å². The van der Waals surface area contributed by atoms with Gasteiger partial charge in [0.05, 0.1) is 0 Å². The van der Waals surface area contributed by atoms with Gasteiger partial charge >= 0.3 is 0 Å². The fourth-order valence-corrected chi connectivity index (χ4v) is 2.18. The summed E-state index contributed by atoms with van der Waals surface area (Å²) in [5.74, 6) is 1.17. The topological polar surface area (TPSA) is 69.2 Å². The summed E-state index contributed by atoms with van der Waals surface area (Å²) < 4.78 is 5.93. The summed E-state index contributed by atoms with van der Waals surface area (Å²) >= 11 is 0. The van der Waals surface area contributed by atoms with E-state index in [0.29, 0.717) is 18.2 Å². The molecule has 2 aromatic carbocycles. The molecule has 0 fully saturated rings. The highest BCUT2D eigenvalue weighted by Crippen LogP contribution is 2.19. The van der Waals surface area contributed by atoms with E-state index < -0.39 is 0 Å². The molecule has 0 saturated heterocycles. The Hall–Kier alpha value is -2.82. The maximum absolute atomic E-state index is 5.93. The van der Waals surface area contributed by atoms with Crippen molar-refractivity contribution in [3.8, 4) is 5.75 Å². The SMILES string of the molecule is CN=C(N)C(=NOC)c1ccccc1COc1ccccc1C. The summed E-state index contributed by atoms with van der Waals surface area (Å²) in [5.41, 5.74) is 9.32. The zero-order valence-corrected chi connectivity index (χ0v) is 13.6. The molecule has 5 heteroatoms. The molecule has 0 amide bonds. The third-order valence-electron chi connectivity index (χ3n) is 3.42. The van der Waals surface area contributed by atoms with Crippen LogP contribution in [0.2, 0.25) is 0 Å². The number of aliphatic imine (C=N–C) groups is 1. The molecule has 0 atom stereocenters. The summed E-state index contributed by atoms with van der Waals surface area (Å²) in [4.78, 5) is 8.90. The first-order chi connectivity index (χ1) is 11.2. The van der Waals surface area contributed by atoms with Gasteiger partial charge in [-0.05, 0) is 24.1 Å². The molecule has 0 saturated carbocycles. The quantitative estimate of drug-likeness (QED) is 0.506. The number of para-hydroxylation sites is 1. The molecule has 2 aromatic rings. The van der Waals surface area contributed by atoms with Gasteiger partial charge in [-0.25, -0.2) is 0 Å². The molecule has 5 nitrogen and oxygen atoms in total. The van der Waals surface area contributed by atoms with Crippen LogP contribution in [0.1, 0.15) is 16.7 Å². The number of amidine groups is 1. The van der Waals surface area contributed by atoms with Crippen LogP contribution in [0.5, 0.6) is 5.75 Å². The van der Waals surface area contributed by atoms with E-state index in [2.05, 4.69) is 10.1 Å². The van der Waals surface area contributed by atoms with Gasteiger partial charge in [-0.15, -0.1) is 0 Å². The number of nitrogens with zero attached hydrogens (tertiary/aromatic N) is 2. The van der Waals surface area contributed by atoms with Crippen molar-refractivity contribution in [3.05, 3.63) is 65.2 Å². The minimum atomic E-state index is 0.315. The molecule has 0 aliphatic rings. The predicted octanol–water partition coefficient (Wildman–Crippen LogP) is 2.91. The van der Waals surface area contributed by atoms with Crippen molar-refractivity contribution in [2.75, 3.05) is 14.2 Å². The van der Waals surface area contributed by atoms with E-state index in [1.54, 1.807) is 7.05 Å². The van der Waals surface area contributed by atoms with E-state index in [1.165, 1.54) is 7.11 Å². The first-order valence-corrected chi connectivity index (χ1v) is 7.27. The fraction of sp³-hybridized carbons (Fsp3) is 0.222. The minimum Gasteiger partial charge on any atom is -0.489 e. The Morgan fingerprint density at radius 1 is 1.09 bits per heavy atom. The smallest absolute Gasteiger partial charge is 0.152 e. The van der Waals surface area contributed by atoms with Crippen molar-refractivity contribution in [2.24, 2.45) is 15.9 Å². The number of ether oxygens (including phenoxy) is 1. The Morgan fingerprint density at radius 3 is 2.48 bits per heavy atom. The third kappa shape index (κ3) is 4.10. The van der Waals surface area contributed by atoms with Gasteiger partial charge in [0, 0.05) is 12.6 Å². The maximum Gasteiger partial charge on any atom is 0.152 e. The summed E-state index contributed by atoms with van der Waals surface area (Å²) in [6, 6.07) is 15.7. The summed E-state index contributed by atoms with van der Waals surface area (Å²) in [6.07, 6.45) is 0. The average molecular weight is 311 g/mol. The van der Waals surface area contributed by atoms with Gasteiger partial charge in [0.25, 0.3) is 0 Å². The highest BCUT2D eigenvalue weighted by Gasteiger charge is 2.14. The molecule has 0 heterocycles. The molecular weight excluding hydrogens is 290 g/mol. The second-order valence-electron chi connectivity index (χ2n) is 4.94. The van der Waals surface area contributed by atoms with Crippen LogP contribution in [0.3, 0.4) is 0 Å². The Labute approximate surface area is 136 Å². The fourth-order valence-electron chi connectivity index (χ4n) is 2.18. The Morgan fingerprint density at radius 2 is 1.78 bits per heavy atom. The molecular formula is C18H21N3O2. The number of benzene rings is 2. The minimum absolute atomic E-state index is 0.315. The number of hydrogen-bond donors (Lipinski definition) is 1. The van der Waals surface area contributed by atoms with Gasteiger partial charge in [-0.3, -0.25) is 4.99 Å². The van der Waals surface area contributed by atoms with Crippen LogP contribution in [0, 0.1) is 6.92 Å². The van der Waals surface area contributed by atoms with Crippen molar-refractivity contribution in [1.29, 1.82) is 0 Å². The lowest BCUT2D eigenvalue weighted by molar-refractivity contribution is 0.214. The molecule has 0 aliphatic heterocycles. The van der Waals surface area contributed by atoms with E-state index in [-0.39, 0.29) is 0 Å². The number of nitrogens with two attached hydrogens (primary N) is 1. The molecule has 0 aliphatic carbocycles. The van der Waals surface area contributed by atoms with E-state index in [0.717, 1.165) is 22.4 Å². The van der Waals surface area contributed by atoms with E-state index >= 15 is 0 Å². The van der Waals surface area contributed by atoms with Gasteiger partial charge in [-0.1, -0.05) is 47.6 Å². The Bertz CT molecular complexity index is 724. The predicted molar refractivity (Wildman–Crippen MR) is 93.0 cm³/mol. The number of hydrogen-bond acceptors (Lipinski definition) is 4. The molecule has 0 radical (unpaired) electrons. The molecule has 23 heavy (non-hydrogen) atoms. The number of oxime groups is 1. The Balaban J connectivity index is 2.30. The van der Waals surface area contributed by atoms with Crippen LogP contribution in [0.25, 0.3) is 0 Å². The highest BCUT2D eigenvalue weighted by molar-refractivity contribution is 6.47. The second-order valence-corrected chi connectivity index (χ2v) is 4.94. The van der Waals surface area contributed by atoms with Crippen LogP contribution in [0.4, 0.5) is 0 Å². The lowest BCUT2D eigenvalue weighted by Gasteiger charge is -2.13. The molecule has 0 bridgehead atoms. The highest BCUT2D eigenvalue weighted by atomic mass is 16.6. The van der Waals surface area contributed by atoms with E-state index in [1.807, 2.05) is 55.5 Å². The van der Waals surface area contributed by atoms with Gasteiger partial charge in [0.15, 0.2) is 5.71 Å². The van der Waals surface area contributed by atoms with E-state index in [4.69, 9.17) is 15.3 Å². The summed E-state index contributed by atoms with van der Waals surface area (Å²) in [7, 11) is 3.10. The van der Waals surface area contributed by atoms with Crippen molar-refractivity contribution in [3.63, 3.8) is 0 Å². The van der Waals surface area contributed by atoms with Crippen LogP contribution in [-0.4, -0.2) is 25.7 Å². The zero-order valence-electron chi connectivity index (χ0n) is 13.6. The molecule has 120 valence electrons. The van der Waals surface area contributed by atoms with Gasteiger partial charge in [-0.2, -0.15) is 0 Å². The third-order valence-corrected chi connectivity index (χ3v) is 3.42. The molecule has 0 spiro atoms. The monoisotopic (exact) mass is 311 g/mol. The van der Waals surface area contributed by atoms with Gasteiger partial charge in [0.1, 0.15) is 25.3 Å². The van der Waals surface area contributed by atoms with Crippen LogP contribution < -0.4 is 10.5 Å². The Kier molecular flexibility index (Phi) is 5.74. The van der Waals surface area contributed by atoms with Crippen LogP contribution in [-0.2, 0) is 11.4 Å². The normalized spacial score (nSPS) is 12.1. The molecule has 0 unspecified atom stereocenters. The second kappa shape index (κ2) is 7.98. The van der Waals surface area contributed by atoms with Crippen LogP contribution >= 0.6 is 0 Å². The average Bonchev–Trinajstić information content (AvgIpc) is 2.59. The molecule has 2 rings (SSSR count). The van der Waals surface area contributed by atoms with Crippen molar-refractivity contribution < 1.29 is 9.57 Å².